The average Bonchev–Trinajstić information content (AvgIpc) is 3.59. The normalized spacial score (nSPS) is 38.4. The molecule has 10 atom stereocenters. The number of hydrogen-bond donors (Lipinski definition) is 4. The lowest BCUT2D eigenvalue weighted by atomic mass is 9.87. The molecule has 0 spiro atoms. The molecule has 4 aliphatic carbocycles. The number of rotatable bonds is 12. The molecule has 38 heavy (non-hydrogen) atoms. The lowest BCUT2D eigenvalue weighted by Gasteiger charge is -2.23. The minimum Gasteiger partial charge on any atom is -0.393 e. The molecule has 4 aliphatic rings. The molecule has 0 heterocycles. The molecule has 0 aromatic rings. The molecular weight excluding hydrogens is 566 g/mol. The Balaban J connectivity index is 0.000000211. The van der Waals surface area contributed by atoms with Gasteiger partial charge >= 0.3 is 0 Å². The molecule has 0 radical (unpaired) electrons. The van der Waals surface area contributed by atoms with Crippen molar-refractivity contribution in [2.75, 3.05) is 0 Å². The quantitative estimate of drug-likeness (QED) is 0.133. The summed E-state index contributed by atoms with van der Waals surface area (Å²) >= 11 is 25.2. The Morgan fingerprint density at radius 2 is 1.00 bits per heavy atom. The molecule has 0 aromatic carbocycles. The molecule has 224 valence electrons. The van der Waals surface area contributed by atoms with Gasteiger partial charge in [0.1, 0.15) is 8.67 Å². The predicted octanol–water partition coefficient (Wildman–Crippen LogP) is 7.80. The molecule has 4 fully saturated rings. The van der Waals surface area contributed by atoms with Gasteiger partial charge in [0.15, 0.2) is 0 Å². The molecule has 0 aromatic heterocycles. The van der Waals surface area contributed by atoms with Crippen LogP contribution in [0, 0.1) is 35.5 Å². The summed E-state index contributed by atoms with van der Waals surface area (Å²) in [6.07, 6.45) is 15.0. The van der Waals surface area contributed by atoms with E-state index in [2.05, 4.69) is 0 Å². The maximum absolute atomic E-state index is 9.96. The minimum atomic E-state index is -0.919. The fourth-order valence-electron chi connectivity index (χ4n) is 7.99. The molecule has 0 amide bonds. The van der Waals surface area contributed by atoms with Crippen LogP contribution < -0.4 is 0 Å². The van der Waals surface area contributed by atoms with E-state index in [0.29, 0.717) is 23.7 Å². The van der Waals surface area contributed by atoms with Crippen LogP contribution >= 0.6 is 46.4 Å². The third kappa shape index (κ3) is 8.09. The largest absolute Gasteiger partial charge is 0.393 e. The molecule has 4 saturated carbocycles. The highest BCUT2D eigenvalue weighted by atomic mass is 35.5. The molecule has 0 saturated heterocycles. The first-order valence-corrected chi connectivity index (χ1v) is 16.9. The fraction of sp³-hybridized carbons (Fsp3) is 1.00. The van der Waals surface area contributed by atoms with Crippen LogP contribution in [-0.2, 0) is 0 Å². The first kappa shape index (κ1) is 33.5. The number of alkyl halides is 4. The van der Waals surface area contributed by atoms with Gasteiger partial charge in [-0.05, 0) is 99.7 Å². The number of halogens is 4. The second kappa shape index (κ2) is 14.9. The minimum absolute atomic E-state index is 0.136. The van der Waals surface area contributed by atoms with Gasteiger partial charge in [0.25, 0.3) is 0 Å². The van der Waals surface area contributed by atoms with Crippen molar-refractivity contribution in [3.8, 4) is 0 Å². The van der Waals surface area contributed by atoms with Crippen LogP contribution in [-0.4, -0.2) is 53.5 Å². The number of fused-ring (bicyclic) bond motifs is 2. The van der Waals surface area contributed by atoms with Crippen LogP contribution in [0.4, 0.5) is 0 Å². The number of unbranched alkanes of at least 4 members (excludes halogenated alkanes) is 2. The van der Waals surface area contributed by atoms with E-state index in [1.807, 2.05) is 13.8 Å². The molecule has 4 rings (SSSR count). The Morgan fingerprint density at radius 1 is 0.632 bits per heavy atom. The van der Waals surface area contributed by atoms with Crippen LogP contribution in [0.2, 0.25) is 0 Å². The summed E-state index contributed by atoms with van der Waals surface area (Å²) in [6, 6.07) is 0. The van der Waals surface area contributed by atoms with Gasteiger partial charge in [-0.2, -0.15) is 0 Å². The van der Waals surface area contributed by atoms with Gasteiger partial charge in [-0.25, -0.2) is 0 Å². The van der Waals surface area contributed by atoms with E-state index in [-0.39, 0.29) is 24.0 Å². The standard InChI is InChI=1S/2C15H26Cl2O2/c2*1-2-11(18)6-4-3-5-10-7-8-13-12(10)9-14(19)15(13,16)17/h2*10-14,18-19H,2-9H2,1H3. The molecule has 4 N–H and O–H groups in total. The van der Waals surface area contributed by atoms with Gasteiger partial charge in [-0.1, -0.05) is 98.8 Å². The average molecular weight is 619 g/mol. The summed E-state index contributed by atoms with van der Waals surface area (Å²) < 4.78 is -1.84. The summed E-state index contributed by atoms with van der Waals surface area (Å²) in [6.45, 7) is 4.04. The van der Waals surface area contributed by atoms with Crippen LogP contribution in [0.5, 0.6) is 0 Å². The van der Waals surface area contributed by atoms with Crippen molar-refractivity contribution in [3.63, 3.8) is 0 Å². The van der Waals surface area contributed by atoms with Crippen molar-refractivity contribution in [1.82, 2.24) is 0 Å². The summed E-state index contributed by atoms with van der Waals surface area (Å²) in [5, 5.41) is 39.0. The fourth-order valence-corrected chi connectivity index (χ4v) is 9.43. The van der Waals surface area contributed by atoms with Crippen LogP contribution in [0.15, 0.2) is 0 Å². The third-order valence-electron chi connectivity index (χ3n) is 10.5. The number of hydrogen-bond acceptors (Lipinski definition) is 4. The Bertz CT molecular complexity index is 650. The molecule has 10 unspecified atom stereocenters. The highest BCUT2D eigenvalue weighted by Gasteiger charge is 2.58. The highest BCUT2D eigenvalue weighted by Crippen LogP contribution is 2.59. The van der Waals surface area contributed by atoms with Gasteiger partial charge in [0.2, 0.25) is 0 Å². The van der Waals surface area contributed by atoms with Gasteiger partial charge in [-0.15, -0.1) is 0 Å². The van der Waals surface area contributed by atoms with Crippen molar-refractivity contribution >= 4 is 46.4 Å². The van der Waals surface area contributed by atoms with Crippen LogP contribution in [0.25, 0.3) is 0 Å². The molecule has 0 bridgehead atoms. The Morgan fingerprint density at radius 3 is 1.34 bits per heavy atom. The van der Waals surface area contributed by atoms with Crippen molar-refractivity contribution < 1.29 is 20.4 Å². The summed E-state index contributed by atoms with van der Waals surface area (Å²) in [5.74, 6) is 2.88. The van der Waals surface area contributed by atoms with Crippen molar-refractivity contribution in [2.24, 2.45) is 35.5 Å². The highest BCUT2D eigenvalue weighted by molar-refractivity contribution is 6.49. The first-order chi connectivity index (χ1) is 17.9. The van der Waals surface area contributed by atoms with Crippen LogP contribution in [0.3, 0.4) is 0 Å². The Kier molecular flexibility index (Phi) is 13.2. The first-order valence-electron chi connectivity index (χ1n) is 15.4. The van der Waals surface area contributed by atoms with Gasteiger partial charge in [0.05, 0.1) is 24.4 Å². The topological polar surface area (TPSA) is 80.9 Å². The van der Waals surface area contributed by atoms with Gasteiger partial charge in [-0.3, -0.25) is 0 Å². The van der Waals surface area contributed by atoms with E-state index in [1.165, 1.54) is 38.5 Å². The van der Waals surface area contributed by atoms with Crippen molar-refractivity contribution in [1.29, 1.82) is 0 Å². The SMILES string of the molecule is CCC(O)CCCCC1CCC2C1CC(O)C2(Cl)Cl.CCC(O)CCCCC1CCC2C1CC(O)C2(Cl)Cl. The maximum Gasteiger partial charge on any atom is 0.147 e. The zero-order chi connectivity index (χ0) is 28.1. The lowest BCUT2D eigenvalue weighted by molar-refractivity contribution is 0.152. The van der Waals surface area contributed by atoms with E-state index >= 15 is 0 Å². The monoisotopic (exact) mass is 616 g/mol. The van der Waals surface area contributed by atoms with Crippen molar-refractivity contribution in [2.45, 2.75) is 150 Å². The predicted molar refractivity (Wildman–Crippen MR) is 159 cm³/mol. The van der Waals surface area contributed by atoms with Gasteiger partial charge < -0.3 is 20.4 Å². The number of aliphatic hydroxyl groups excluding tert-OH is 4. The maximum atomic E-state index is 9.96. The van der Waals surface area contributed by atoms with Gasteiger partial charge in [0, 0.05) is 0 Å². The number of aliphatic hydroxyl groups is 4. The summed E-state index contributed by atoms with van der Waals surface area (Å²) in [5.41, 5.74) is 0. The van der Waals surface area contributed by atoms with E-state index in [9.17, 15) is 20.4 Å². The second-order valence-corrected chi connectivity index (χ2v) is 15.6. The Hall–Kier alpha value is 1.00. The second-order valence-electron chi connectivity index (χ2n) is 12.8. The summed E-state index contributed by atoms with van der Waals surface area (Å²) in [4.78, 5) is 0. The molecule has 4 nitrogen and oxygen atoms in total. The van der Waals surface area contributed by atoms with Crippen molar-refractivity contribution in [3.05, 3.63) is 0 Å². The summed E-state index contributed by atoms with van der Waals surface area (Å²) in [7, 11) is 0. The van der Waals surface area contributed by atoms with E-state index in [0.717, 1.165) is 64.2 Å². The van der Waals surface area contributed by atoms with E-state index < -0.39 is 20.9 Å². The van der Waals surface area contributed by atoms with E-state index in [4.69, 9.17) is 46.4 Å². The third-order valence-corrected chi connectivity index (χ3v) is 12.6. The zero-order valence-electron chi connectivity index (χ0n) is 23.4. The Labute approximate surface area is 251 Å². The molecule has 8 heteroatoms. The smallest absolute Gasteiger partial charge is 0.147 e. The molecule has 0 aliphatic heterocycles. The zero-order valence-corrected chi connectivity index (χ0v) is 26.4. The van der Waals surface area contributed by atoms with Crippen LogP contribution in [0.1, 0.15) is 117 Å². The lowest BCUT2D eigenvalue weighted by Crippen LogP contribution is -2.30. The van der Waals surface area contributed by atoms with E-state index in [1.54, 1.807) is 0 Å². The molecular formula is C30H52Cl4O4.